The largest absolute Gasteiger partial charge is 0.506 e. The first-order chi connectivity index (χ1) is 7.20. The Kier molecular flexibility index (Phi) is 3.94. The number of benzene rings is 2. The van der Waals surface area contributed by atoms with Gasteiger partial charge in [0.15, 0.2) is 0 Å². The molecule has 4 N–H and O–H groups in total. The van der Waals surface area contributed by atoms with E-state index in [2.05, 4.69) is 15.9 Å². The Bertz CT molecular complexity index is 471. The van der Waals surface area contributed by atoms with Crippen LogP contribution in [0.2, 0.25) is 0 Å². The molecule has 0 unspecified atom stereocenters. The summed E-state index contributed by atoms with van der Waals surface area (Å²) < 4.78 is 0.856. The average Bonchev–Trinajstić information content (AvgIpc) is 2.29. The number of hydrogen-bond acceptors (Lipinski definition) is 3. The summed E-state index contributed by atoms with van der Waals surface area (Å²) in [5.41, 5.74) is 6.15. The van der Waals surface area contributed by atoms with Gasteiger partial charge in [-0.2, -0.15) is 0 Å². The standard InChI is InChI=1S/C10H8BrNO.CH4O/c11-8-5-9(13)10(12)7-4-2-1-3-6(7)8;1-2/h1-5,13H,12H2;2H,1H3. The maximum Gasteiger partial charge on any atom is 0.140 e. The van der Waals surface area contributed by atoms with E-state index < -0.39 is 0 Å². The minimum Gasteiger partial charge on any atom is -0.506 e. The Morgan fingerprint density at radius 1 is 1.13 bits per heavy atom. The molecule has 0 fully saturated rings. The summed E-state index contributed by atoms with van der Waals surface area (Å²) in [5.74, 6) is 0.116. The number of nitrogen functional groups attached to an aromatic ring is 1. The van der Waals surface area contributed by atoms with E-state index >= 15 is 0 Å². The molecule has 0 saturated heterocycles. The van der Waals surface area contributed by atoms with Crippen molar-refractivity contribution in [2.45, 2.75) is 0 Å². The van der Waals surface area contributed by atoms with Gasteiger partial charge in [-0.3, -0.25) is 0 Å². The summed E-state index contributed by atoms with van der Waals surface area (Å²) in [6.45, 7) is 0. The Labute approximate surface area is 96.3 Å². The number of aromatic hydroxyl groups is 1. The Balaban J connectivity index is 0.000000531. The number of halogens is 1. The van der Waals surface area contributed by atoms with Gasteiger partial charge in [-0.25, -0.2) is 0 Å². The summed E-state index contributed by atoms with van der Waals surface area (Å²) in [6, 6.07) is 9.27. The van der Waals surface area contributed by atoms with E-state index in [0.29, 0.717) is 5.69 Å². The number of phenols is 1. The Hall–Kier alpha value is -1.26. The Morgan fingerprint density at radius 2 is 1.67 bits per heavy atom. The third-order valence-electron chi connectivity index (χ3n) is 2.01. The van der Waals surface area contributed by atoms with Crippen LogP contribution < -0.4 is 5.73 Å². The first kappa shape index (κ1) is 11.8. The SMILES string of the molecule is CO.Nc1c(O)cc(Br)c2ccccc12. The number of aliphatic hydroxyl groups is 1. The van der Waals surface area contributed by atoms with Crippen molar-refractivity contribution in [1.82, 2.24) is 0 Å². The van der Waals surface area contributed by atoms with Crippen molar-refractivity contribution in [1.29, 1.82) is 0 Å². The van der Waals surface area contributed by atoms with Crippen molar-refractivity contribution in [3.8, 4) is 5.75 Å². The molecule has 4 heteroatoms. The third kappa shape index (κ3) is 2.22. The zero-order valence-corrected chi connectivity index (χ0v) is 9.82. The lowest BCUT2D eigenvalue weighted by Crippen LogP contribution is -1.88. The molecule has 2 rings (SSSR count). The lowest BCUT2D eigenvalue weighted by atomic mass is 10.1. The molecule has 0 aromatic heterocycles. The van der Waals surface area contributed by atoms with Crippen LogP contribution >= 0.6 is 15.9 Å². The molecule has 2 aromatic carbocycles. The number of anilines is 1. The van der Waals surface area contributed by atoms with Crippen molar-refractivity contribution in [3.63, 3.8) is 0 Å². The molecule has 0 heterocycles. The van der Waals surface area contributed by atoms with Crippen LogP contribution in [0.3, 0.4) is 0 Å². The van der Waals surface area contributed by atoms with Gasteiger partial charge >= 0.3 is 0 Å². The van der Waals surface area contributed by atoms with Crippen LogP contribution in [0.5, 0.6) is 5.75 Å². The number of hydrogen-bond donors (Lipinski definition) is 3. The average molecular weight is 270 g/mol. The molecule has 0 saturated carbocycles. The highest BCUT2D eigenvalue weighted by molar-refractivity contribution is 9.10. The molecule has 0 bridgehead atoms. The maximum atomic E-state index is 9.44. The molecule has 2 aromatic rings. The summed E-state index contributed by atoms with van der Waals surface area (Å²) >= 11 is 3.37. The fourth-order valence-electron chi connectivity index (χ4n) is 1.34. The van der Waals surface area contributed by atoms with E-state index in [1.807, 2.05) is 24.3 Å². The van der Waals surface area contributed by atoms with E-state index in [1.165, 1.54) is 0 Å². The van der Waals surface area contributed by atoms with Gasteiger partial charge in [0, 0.05) is 17.0 Å². The van der Waals surface area contributed by atoms with Crippen LogP contribution in [-0.2, 0) is 0 Å². The number of nitrogens with two attached hydrogens (primary N) is 1. The van der Waals surface area contributed by atoms with Crippen molar-refractivity contribution in [2.75, 3.05) is 12.8 Å². The normalized spacial score (nSPS) is 9.53. The zero-order valence-electron chi connectivity index (χ0n) is 8.24. The second-order valence-electron chi connectivity index (χ2n) is 2.84. The van der Waals surface area contributed by atoms with E-state index in [0.717, 1.165) is 22.4 Å². The molecule has 3 nitrogen and oxygen atoms in total. The van der Waals surface area contributed by atoms with Crippen molar-refractivity contribution >= 4 is 32.4 Å². The highest BCUT2D eigenvalue weighted by atomic mass is 79.9. The molecule has 80 valence electrons. The molecule has 0 amide bonds. The molecule has 0 radical (unpaired) electrons. The lowest BCUT2D eigenvalue weighted by Gasteiger charge is -2.05. The molecular weight excluding hydrogens is 258 g/mol. The van der Waals surface area contributed by atoms with Crippen LogP contribution in [0.15, 0.2) is 34.8 Å². The molecule has 0 aliphatic carbocycles. The summed E-state index contributed by atoms with van der Waals surface area (Å²) in [4.78, 5) is 0. The van der Waals surface area contributed by atoms with Gasteiger partial charge in [-0.15, -0.1) is 0 Å². The monoisotopic (exact) mass is 269 g/mol. The van der Waals surface area contributed by atoms with Crippen LogP contribution in [-0.4, -0.2) is 17.3 Å². The van der Waals surface area contributed by atoms with Gasteiger partial charge < -0.3 is 15.9 Å². The molecule has 0 aliphatic rings. The van der Waals surface area contributed by atoms with E-state index in [1.54, 1.807) is 6.07 Å². The van der Waals surface area contributed by atoms with Crippen molar-refractivity contribution in [2.24, 2.45) is 0 Å². The summed E-state index contributed by atoms with van der Waals surface area (Å²) in [6.07, 6.45) is 0. The van der Waals surface area contributed by atoms with Gasteiger partial charge in [0.25, 0.3) is 0 Å². The number of fused-ring (bicyclic) bond motifs is 1. The minimum absolute atomic E-state index is 0.116. The minimum atomic E-state index is 0.116. The first-order valence-corrected chi connectivity index (χ1v) is 5.10. The second kappa shape index (κ2) is 5.00. The number of rotatable bonds is 0. The van der Waals surface area contributed by atoms with Crippen LogP contribution in [0.4, 0.5) is 5.69 Å². The van der Waals surface area contributed by atoms with Crippen LogP contribution in [0.25, 0.3) is 10.8 Å². The fraction of sp³-hybridized carbons (Fsp3) is 0.0909. The van der Waals surface area contributed by atoms with Gasteiger partial charge in [-0.1, -0.05) is 40.2 Å². The predicted molar refractivity (Wildman–Crippen MR) is 65.9 cm³/mol. The zero-order chi connectivity index (χ0) is 11.4. The smallest absolute Gasteiger partial charge is 0.140 e. The molecule has 0 atom stereocenters. The second-order valence-corrected chi connectivity index (χ2v) is 3.69. The first-order valence-electron chi connectivity index (χ1n) is 4.30. The molecule has 15 heavy (non-hydrogen) atoms. The van der Waals surface area contributed by atoms with Gasteiger partial charge in [0.2, 0.25) is 0 Å². The van der Waals surface area contributed by atoms with Gasteiger partial charge in [0.05, 0.1) is 5.69 Å². The van der Waals surface area contributed by atoms with E-state index in [4.69, 9.17) is 10.8 Å². The predicted octanol–water partition coefficient (Wildman–Crippen LogP) is 2.50. The van der Waals surface area contributed by atoms with E-state index in [-0.39, 0.29) is 5.75 Å². The fourth-order valence-corrected chi connectivity index (χ4v) is 1.90. The number of phenolic OH excluding ortho intramolecular Hbond substituents is 1. The van der Waals surface area contributed by atoms with E-state index in [9.17, 15) is 5.11 Å². The highest BCUT2D eigenvalue weighted by Gasteiger charge is 2.05. The molecule has 0 spiro atoms. The summed E-state index contributed by atoms with van der Waals surface area (Å²) in [7, 11) is 1.00. The maximum absolute atomic E-state index is 9.44. The van der Waals surface area contributed by atoms with Crippen molar-refractivity contribution < 1.29 is 10.2 Å². The Morgan fingerprint density at radius 3 is 2.27 bits per heavy atom. The van der Waals surface area contributed by atoms with Gasteiger partial charge in [-0.05, 0) is 11.5 Å². The lowest BCUT2D eigenvalue weighted by molar-refractivity contribution is 0.399. The van der Waals surface area contributed by atoms with Crippen LogP contribution in [0, 0.1) is 0 Å². The van der Waals surface area contributed by atoms with Crippen molar-refractivity contribution in [3.05, 3.63) is 34.8 Å². The topological polar surface area (TPSA) is 66.5 Å². The van der Waals surface area contributed by atoms with Gasteiger partial charge in [0.1, 0.15) is 5.75 Å². The number of aliphatic hydroxyl groups excluding tert-OH is 1. The highest BCUT2D eigenvalue weighted by Crippen LogP contribution is 2.35. The third-order valence-corrected chi connectivity index (χ3v) is 2.67. The molecular formula is C11H12BrNO2. The molecule has 0 aliphatic heterocycles. The summed E-state index contributed by atoms with van der Waals surface area (Å²) in [5, 5.41) is 18.3. The quantitative estimate of drug-likeness (QED) is 0.509. The van der Waals surface area contributed by atoms with Crippen LogP contribution in [0.1, 0.15) is 0 Å².